The Morgan fingerprint density at radius 3 is 2.60 bits per heavy atom. The fourth-order valence-electron chi connectivity index (χ4n) is 1.60. The maximum atomic E-state index is 12.1. The second kappa shape index (κ2) is 6.22. The zero-order valence-electron chi connectivity index (χ0n) is 10.6. The molecule has 20 heavy (non-hydrogen) atoms. The number of nitrogens with zero attached hydrogens (tertiary/aromatic N) is 1. The number of benzene rings is 2. The molecule has 0 heterocycles. The molecule has 0 aliphatic carbocycles. The zero-order valence-corrected chi connectivity index (χ0v) is 12.2. The van der Waals surface area contributed by atoms with Crippen molar-refractivity contribution in [3.63, 3.8) is 0 Å². The van der Waals surface area contributed by atoms with Gasteiger partial charge in [-0.15, -0.1) is 0 Å². The third kappa shape index (κ3) is 2.98. The molecule has 100 valence electrons. The Hall–Kier alpha value is -2.32. The van der Waals surface area contributed by atoms with Crippen LogP contribution in [0.15, 0.2) is 46.9 Å². The quantitative estimate of drug-likeness (QED) is 0.637. The van der Waals surface area contributed by atoms with Crippen LogP contribution in [0.1, 0.15) is 15.9 Å². The lowest BCUT2D eigenvalue weighted by Crippen LogP contribution is -2.10. The lowest BCUT2D eigenvalue weighted by molar-refractivity contribution is 0.0729. The molecule has 2 aromatic carbocycles. The van der Waals surface area contributed by atoms with E-state index in [0.717, 1.165) is 0 Å². The first-order chi connectivity index (χ1) is 9.65. The molecule has 2 rings (SSSR count). The van der Waals surface area contributed by atoms with Crippen LogP contribution in [-0.2, 0) is 0 Å². The first kappa shape index (κ1) is 14.1. The van der Waals surface area contributed by atoms with Crippen molar-refractivity contribution in [2.24, 2.45) is 0 Å². The molecule has 4 nitrogen and oxygen atoms in total. The molecule has 0 bridgehead atoms. The van der Waals surface area contributed by atoms with Crippen LogP contribution in [0.2, 0.25) is 0 Å². The van der Waals surface area contributed by atoms with Gasteiger partial charge in [0.05, 0.1) is 24.3 Å². The predicted octanol–water partition coefficient (Wildman–Crippen LogP) is 3.55. The number of esters is 1. The van der Waals surface area contributed by atoms with Crippen molar-refractivity contribution in [2.45, 2.75) is 0 Å². The molecule has 0 saturated carbocycles. The Morgan fingerprint density at radius 1 is 1.20 bits per heavy atom. The fraction of sp³-hybridized carbons (Fsp3) is 0.0667. The highest BCUT2D eigenvalue weighted by Gasteiger charge is 2.15. The average Bonchev–Trinajstić information content (AvgIpc) is 2.48. The molecule has 0 fully saturated rings. The average molecular weight is 332 g/mol. The monoisotopic (exact) mass is 331 g/mol. The summed E-state index contributed by atoms with van der Waals surface area (Å²) in [5.41, 5.74) is 0.849. The normalized spacial score (nSPS) is 9.65. The number of halogens is 1. The Kier molecular flexibility index (Phi) is 4.38. The molecule has 0 radical (unpaired) electrons. The van der Waals surface area contributed by atoms with Crippen LogP contribution in [0, 0.1) is 11.3 Å². The van der Waals surface area contributed by atoms with E-state index in [-0.39, 0.29) is 5.75 Å². The molecule has 0 aromatic heterocycles. The lowest BCUT2D eigenvalue weighted by Gasteiger charge is -2.10. The van der Waals surface area contributed by atoms with Crippen molar-refractivity contribution in [3.05, 3.63) is 58.1 Å². The van der Waals surface area contributed by atoms with E-state index in [0.29, 0.717) is 21.3 Å². The Labute approximate surface area is 124 Å². The summed E-state index contributed by atoms with van der Waals surface area (Å²) in [5.74, 6) is 0.109. The number of methoxy groups -OCH3 is 1. The maximum absolute atomic E-state index is 12.1. The van der Waals surface area contributed by atoms with Crippen LogP contribution in [-0.4, -0.2) is 13.1 Å². The number of rotatable bonds is 3. The molecule has 0 amide bonds. The smallest absolute Gasteiger partial charge is 0.344 e. The summed E-state index contributed by atoms with van der Waals surface area (Å²) in [6.07, 6.45) is 0. The summed E-state index contributed by atoms with van der Waals surface area (Å²) < 4.78 is 11.1. The van der Waals surface area contributed by atoms with Gasteiger partial charge in [-0.3, -0.25) is 0 Å². The SMILES string of the molecule is COc1cc(C#N)ccc1OC(=O)c1ccccc1Br. The molecule has 0 aliphatic heterocycles. The largest absolute Gasteiger partial charge is 0.493 e. The van der Waals surface area contributed by atoms with Crippen LogP contribution in [0.5, 0.6) is 11.5 Å². The fourth-order valence-corrected chi connectivity index (χ4v) is 2.05. The molecular weight excluding hydrogens is 322 g/mol. The van der Waals surface area contributed by atoms with Gasteiger partial charge in [0.1, 0.15) is 0 Å². The van der Waals surface area contributed by atoms with E-state index in [2.05, 4.69) is 15.9 Å². The van der Waals surface area contributed by atoms with Gasteiger partial charge < -0.3 is 9.47 Å². The molecule has 2 aromatic rings. The van der Waals surface area contributed by atoms with Crippen molar-refractivity contribution in [3.8, 4) is 17.6 Å². The highest BCUT2D eigenvalue weighted by Crippen LogP contribution is 2.29. The second-order valence-corrected chi connectivity index (χ2v) is 4.70. The van der Waals surface area contributed by atoms with Gasteiger partial charge in [-0.25, -0.2) is 4.79 Å². The minimum Gasteiger partial charge on any atom is -0.493 e. The molecular formula is C15H10BrNO3. The van der Waals surface area contributed by atoms with Gasteiger partial charge in [-0.05, 0) is 40.2 Å². The number of carbonyl (C=O) groups excluding carboxylic acids is 1. The first-order valence-electron chi connectivity index (χ1n) is 5.70. The molecule has 5 heteroatoms. The first-order valence-corrected chi connectivity index (χ1v) is 6.50. The standard InChI is InChI=1S/C15H10BrNO3/c1-19-14-8-10(9-17)6-7-13(14)20-15(18)11-4-2-3-5-12(11)16/h2-8H,1H3. The molecule has 0 unspecified atom stereocenters. The number of carbonyl (C=O) groups is 1. The molecule has 0 N–H and O–H groups in total. The summed E-state index contributed by atoms with van der Waals surface area (Å²) in [6, 6.07) is 13.6. The lowest BCUT2D eigenvalue weighted by atomic mass is 10.2. The van der Waals surface area contributed by atoms with Crippen LogP contribution in [0.25, 0.3) is 0 Å². The highest BCUT2D eigenvalue weighted by molar-refractivity contribution is 9.10. The number of nitriles is 1. The van der Waals surface area contributed by atoms with Gasteiger partial charge >= 0.3 is 5.97 Å². The van der Waals surface area contributed by atoms with Crippen LogP contribution in [0.4, 0.5) is 0 Å². The van der Waals surface area contributed by atoms with Crippen LogP contribution in [0.3, 0.4) is 0 Å². The number of hydrogen-bond acceptors (Lipinski definition) is 4. The zero-order chi connectivity index (χ0) is 14.5. The topological polar surface area (TPSA) is 59.3 Å². The molecule has 0 spiro atoms. The van der Waals surface area contributed by atoms with E-state index < -0.39 is 5.97 Å². The van der Waals surface area contributed by atoms with Crippen LogP contribution >= 0.6 is 15.9 Å². The van der Waals surface area contributed by atoms with Crippen molar-refractivity contribution in [2.75, 3.05) is 7.11 Å². The maximum Gasteiger partial charge on any atom is 0.344 e. The third-order valence-electron chi connectivity index (χ3n) is 2.59. The summed E-state index contributed by atoms with van der Waals surface area (Å²) >= 11 is 3.29. The Balaban J connectivity index is 2.29. The van der Waals surface area contributed by atoms with Crippen LogP contribution < -0.4 is 9.47 Å². The summed E-state index contributed by atoms with van der Waals surface area (Å²) in [7, 11) is 1.45. The second-order valence-electron chi connectivity index (χ2n) is 3.85. The summed E-state index contributed by atoms with van der Waals surface area (Å²) in [6.45, 7) is 0. The molecule has 0 saturated heterocycles. The van der Waals surface area contributed by atoms with E-state index in [4.69, 9.17) is 14.7 Å². The minimum absolute atomic E-state index is 0.271. The minimum atomic E-state index is -0.500. The van der Waals surface area contributed by atoms with Gasteiger partial charge in [-0.2, -0.15) is 5.26 Å². The Bertz CT molecular complexity index is 692. The highest BCUT2D eigenvalue weighted by atomic mass is 79.9. The molecule has 0 aliphatic rings. The van der Waals surface area contributed by atoms with Gasteiger partial charge in [0.2, 0.25) is 0 Å². The van der Waals surface area contributed by atoms with Gasteiger partial charge in [0, 0.05) is 10.5 Å². The van der Waals surface area contributed by atoms with E-state index >= 15 is 0 Å². The van der Waals surface area contributed by atoms with E-state index in [9.17, 15) is 4.79 Å². The predicted molar refractivity (Wildman–Crippen MR) is 76.8 cm³/mol. The van der Waals surface area contributed by atoms with Crippen molar-refractivity contribution >= 4 is 21.9 Å². The van der Waals surface area contributed by atoms with Crippen molar-refractivity contribution in [1.29, 1.82) is 5.26 Å². The van der Waals surface area contributed by atoms with E-state index in [1.54, 1.807) is 24.3 Å². The van der Waals surface area contributed by atoms with Gasteiger partial charge in [0.15, 0.2) is 11.5 Å². The van der Waals surface area contributed by atoms with E-state index in [1.807, 2.05) is 12.1 Å². The van der Waals surface area contributed by atoms with Crippen molar-refractivity contribution < 1.29 is 14.3 Å². The summed E-state index contributed by atoms with van der Waals surface area (Å²) in [5, 5.41) is 8.83. The molecule has 0 atom stereocenters. The number of ether oxygens (including phenoxy) is 2. The number of hydrogen-bond donors (Lipinski definition) is 0. The van der Waals surface area contributed by atoms with Gasteiger partial charge in [-0.1, -0.05) is 12.1 Å². The van der Waals surface area contributed by atoms with E-state index in [1.165, 1.54) is 19.2 Å². The van der Waals surface area contributed by atoms with Crippen molar-refractivity contribution in [1.82, 2.24) is 0 Å². The summed E-state index contributed by atoms with van der Waals surface area (Å²) in [4.78, 5) is 12.1. The van der Waals surface area contributed by atoms with Gasteiger partial charge in [0.25, 0.3) is 0 Å². The Morgan fingerprint density at radius 2 is 1.95 bits per heavy atom. The third-order valence-corrected chi connectivity index (χ3v) is 3.28.